The molecular formula is C23H18N4O3S. The summed E-state index contributed by atoms with van der Waals surface area (Å²) in [6.07, 6.45) is 0. The number of carbonyl (C=O) groups is 1. The molecule has 5 N–H and O–H groups in total. The Balaban J connectivity index is 1.67. The fourth-order valence-electron chi connectivity index (χ4n) is 3.36. The van der Waals surface area contributed by atoms with Crippen LogP contribution in [0, 0.1) is 6.92 Å². The Morgan fingerprint density at radius 1 is 0.903 bits per heavy atom. The molecule has 1 amide bonds. The van der Waals surface area contributed by atoms with Gasteiger partial charge in [0.2, 0.25) is 5.11 Å². The Morgan fingerprint density at radius 3 is 2.23 bits per heavy atom. The number of azo groups is 1. The molecule has 8 heteroatoms. The molecular weight excluding hydrogens is 412 g/mol. The number of aryl methyl sites for hydroxylation is 1. The zero-order valence-electron chi connectivity index (χ0n) is 16.5. The van der Waals surface area contributed by atoms with Gasteiger partial charge in [-0.15, -0.1) is 10.2 Å². The summed E-state index contributed by atoms with van der Waals surface area (Å²) >= 11 is 5.11. The van der Waals surface area contributed by atoms with Gasteiger partial charge in [-0.25, -0.2) is 0 Å². The first-order chi connectivity index (χ1) is 14.9. The SMILES string of the molecule is Cc1ccc(NC(=S)N=NC(=O)c2ccc3c(O)c4ccccc4c(O)c3c2N)cc1. The molecule has 154 valence electrons. The molecule has 0 atom stereocenters. The van der Waals surface area contributed by atoms with Crippen LogP contribution < -0.4 is 11.1 Å². The Hall–Kier alpha value is -4.04. The first kappa shape index (κ1) is 20.2. The lowest BCUT2D eigenvalue weighted by atomic mass is 9.97. The second kappa shape index (κ2) is 8.00. The number of benzene rings is 4. The lowest BCUT2D eigenvalue weighted by molar-refractivity contribution is 0.0996. The Morgan fingerprint density at radius 2 is 1.55 bits per heavy atom. The number of nitrogen functional groups attached to an aromatic ring is 1. The van der Waals surface area contributed by atoms with Gasteiger partial charge < -0.3 is 21.3 Å². The van der Waals surface area contributed by atoms with Crippen LogP contribution in [-0.4, -0.2) is 21.2 Å². The number of fused-ring (bicyclic) bond motifs is 2. The van der Waals surface area contributed by atoms with Crippen molar-refractivity contribution in [2.75, 3.05) is 11.1 Å². The van der Waals surface area contributed by atoms with Crippen molar-refractivity contribution in [3.63, 3.8) is 0 Å². The standard InChI is InChI=1S/C23H18N4O3S/c1-12-6-8-13(9-7-12)25-23(31)27-26-22(30)17-11-10-16-18(19(17)24)21(29)15-5-3-2-4-14(15)20(16)28/h2-11,28-29H,24H2,1H3,(H,25,31). The maximum Gasteiger partial charge on any atom is 0.297 e. The normalized spacial score (nSPS) is 11.3. The number of nitrogens with two attached hydrogens (primary N) is 1. The van der Waals surface area contributed by atoms with Gasteiger partial charge in [-0.05, 0) is 43.4 Å². The lowest BCUT2D eigenvalue weighted by Crippen LogP contribution is -2.07. The number of phenolic OH excluding ortho intramolecular Hbond substituents is 2. The first-order valence-electron chi connectivity index (χ1n) is 9.35. The summed E-state index contributed by atoms with van der Waals surface area (Å²) in [5.74, 6) is -0.872. The largest absolute Gasteiger partial charge is 0.507 e. The number of carbonyl (C=O) groups excluding carboxylic acids is 1. The summed E-state index contributed by atoms with van der Waals surface area (Å²) in [5, 5.41) is 33.1. The molecule has 4 rings (SSSR count). The molecule has 31 heavy (non-hydrogen) atoms. The van der Waals surface area contributed by atoms with Crippen LogP contribution in [0.3, 0.4) is 0 Å². The number of anilines is 2. The molecule has 0 spiro atoms. The minimum atomic E-state index is -0.723. The predicted molar refractivity (Wildman–Crippen MR) is 126 cm³/mol. The van der Waals surface area contributed by atoms with Crippen molar-refractivity contribution in [1.29, 1.82) is 0 Å². The summed E-state index contributed by atoms with van der Waals surface area (Å²) in [7, 11) is 0. The van der Waals surface area contributed by atoms with Crippen LogP contribution in [0.1, 0.15) is 15.9 Å². The average molecular weight is 430 g/mol. The Kier molecular flexibility index (Phi) is 5.22. The van der Waals surface area contributed by atoms with Crippen molar-refractivity contribution in [2.45, 2.75) is 6.92 Å². The van der Waals surface area contributed by atoms with Crippen LogP contribution in [0.15, 0.2) is 70.9 Å². The Bertz CT molecular complexity index is 1380. The van der Waals surface area contributed by atoms with Crippen LogP contribution in [0.2, 0.25) is 0 Å². The molecule has 0 heterocycles. The van der Waals surface area contributed by atoms with E-state index in [2.05, 4.69) is 15.5 Å². The zero-order valence-corrected chi connectivity index (χ0v) is 17.3. The van der Waals surface area contributed by atoms with Crippen LogP contribution in [0.25, 0.3) is 21.5 Å². The first-order valence-corrected chi connectivity index (χ1v) is 9.76. The molecule has 0 saturated heterocycles. The van der Waals surface area contributed by atoms with Gasteiger partial charge in [0.05, 0.1) is 16.6 Å². The number of nitrogens with one attached hydrogen (secondary N) is 1. The number of nitrogens with zero attached hydrogens (tertiary/aromatic N) is 2. The van der Waals surface area contributed by atoms with E-state index < -0.39 is 5.91 Å². The molecule has 4 aromatic carbocycles. The number of hydrogen-bond donors (Lipinski definition) is 4. The highest BCUT2D eigenvalue weighted by Crippen LogP contribution is 2.44. The molecule has 4 aromatic rings. The number of thiocarbonyl (C=S) groups is 1. The minimum Gasteiger partial charge on any atom is -0.507 e. The fraction of sp³-hybridized carbons (Fsp3) is 0.0435. The lowest BCUT2D eigenvalue weighted by Gasteiger charge is -2.13. The second-order valence-corrected chi connectivity index (χ2v) is 7.38. The third-order valence-electron chi connectivity index (χ3n) is 4.94. The monoisotopic (exact) mass is 430 g/mol. The van der Waals surface area contributed by atoms with E-state index in [4.69, 9.17) is 18.0 Å². The number of rotatable bonds is 2. The molecule has 0 fully saturated rings. The summed E-state index contributed by atoms with van der Waals surface area (Å²) in [5.41, 5.74) is 8.04. The molecule has 0 aromatic heterocycles. The average Bonchev–Trinajstić information content (AvgIpc) is 2.77. The van der Waals surface area contributed by atoms with E-state index in [1.165, 1.54) is 12.1 Å². The maximum atomic E-state index is 12.6. The van der Waals surface area contributed by atoms with Crippen LogP contribution in [-0.2, 0) is 0 Å². The summed E-state index contributed by atoms with van der Waals surface area (Å²) < 4.78 is 0. The van der Waals surface area contributed by atoms with Crippen molar-refractivity contribution in [1.82, 2.24) is 0 Å². The molecule has 0 radical (unpaired) electrons. The summed E-state index contributed by atoms with van der Waals surface area (Å²) in [6.45, 7) is 1.97. The topological polar surface area (TPSA) is 120 Å². The van der Waals surface area contributed by atoms with Gasteiger partial charge in [-0.2, -0.15) is 0 Å². The van der Waals surface area contributed by atoms with Gasteiger partial charge in [-0.3, -0.25) is 4.79 Å². The third-order valence-corrected chi connectivity index (χ3v) is 5.12. The molecule has 7 nitrogen and oxygen atoms in total. The van der Waals surface area contributed by atoms with Crippen LogP contribution in [0.4, 0.5) is 11.4 Å². The van der Waals surface area contributed by atoms with Gasteiger partial charge in [0.25, 0.3) is 5.91 Å². The fourth-order valence-corrected chi connectivity index (χ4v) is 3.52. The number of aromatic hydroxyl groups is 2. The van der Waals surface area contributed by atoms with Gasteiger partial charge in [-0.1, -0.05) is 42.0 Å². The van der Waals surface area contributed by atoms with Gasteiger partial charge >= 0.3 is 0 Å². The number of amides is 1. The van der Waals surface area contributed by atoms with Crippen molar-refractivity contribution < 1.29 is 15.0 Å². The van der Waals surface area contributed by atoms with Crippen molar-refractivity contribution >= 4 is 56.2 Å². The van der Waals surface area contributed by atoms with E-state index in [1.807, 2.05) is 31.2 Å². The molecule has 0 aliphatic rings. The van der Waals surface area contributed by atoms with E-state index >= 15 is 0 Å². The predicted octanol–water partition coefficient (Wildman–Crippen LogP) is 5.28. The Labute approximate surface area is 182 Å². The van der Waals surface area contributed by atoms with E-state index in [-0.39, 0.29) is 33.2 Å². The molecule has 0 saturated carbocycles. The minimum absolute atomic E-state index is 0.00239. The van der Waals surface area contributed by atoms with Gasteiger partial charge in [0.15, 0.2) is 0 Å². The van der Waals surface area contributed by atoms with Gasteiger partial charge in [0, 0.05) is 21.8 Å². The third kappa shape index (κ3) is 3.76. The smallest absolute Gasteiger partial charge is 0.297 e. The van der Waals surface area contributed by atoms with E-state index in [1.54, 1.807) is 24.3 Å². The van der Waals surface area contributed by atoms with Crippen LogP contribution >= 0.6 is 12.2 Å². The molecule has 0 aliphatic heterocycles. The van der Waals surface area contributed by atoms with Gasteiger partial charge in [0.1, 0.15) is 11.5 Å². The zero-order chi connectivity index (χ0) is 22.1. The highest BCUT2D eigenvalue weighted by molar-refractivity contribution is 7.80. The van der Waals surface area contributed by atoms with E-state index in [0.29, 0.717) is 16.2 Å². The van der Waals surface area contributed by atoms with Crippen LogP contribution in [0.5, 0.6) is 11.5 Å². The molecule has 0 aliphatic carbocycles. The highest BCUT2D eigenvalue weighted by Gasteiger charge is 2.19. The second-order valence-electron chi connectivity index (χ2n) is 6.99. The highest BCUT2D eigenvalue weighted by atomic mass is 32.1. The number of phenols is 2. The maximum absolute atomic E-state index is 12.6. The van der Waals surface area contributed by atoms with E-state index in [0.717, 1.165) is 11.3 Å². The van der Waals surface area contributed by atoms with Crippen molar-refractivity contribution in [2.24, 2.45) is 10.2 Å². The quantitative estimate of drug-likeness (QED) is 0.113. The molecule has 0 unspecified atom stereocenters. The number of hydrogen-bond acceptors (Lipinski definition) is 5. The summed E-state index contributed by atoms with van der Waals surface area (Å²) in [6, 6.07) is 17.3. The van der Waals surface area contributed by atoms with E-state index in [9.17, 15) is 15.0 Å². The van der Waals surface area contributed by atoms with Crippen molar-refractivity contribution in [3.05, 3.63) is 71.8 Å². The summed E-state index contributed by atoms with van der Waals surface area (Å²) in [4.78, 5) is 12.6. The molecule has 0 bridgehead atoms. The van der Waals surface area contributed by atoms with Crippen molar-refractivity contribution in [3.8, 4) is 11.5 Å².